The fourth-order valence-electron chi connectivity index (χ4n) is 4.02. The van der Waals surface area contributed by atoms with Crippen LogP contribution >= 0.6 is 0 Å². The minimum Gasteiger partial charge on any atom is -0.376 e. The van der Waals surface area contributed by atoms with Crippen molar-refractivity contribution in [2.24, 2.45) is 11.8 Å². The number of ether oxygens (including phenoxy) is 2. The predicted molar refractivity (Wildman–Crippen MR) is 84.0 cm³/mol. The van der Waals surface area contributed by atoms with Crippen LogP contribution in [0.25, 0.3) is 0 Å². The van der Waals surface area contributed by atoms with E-state index in [9.17, 15) is 0 Å². The summed E-state index contributed by atoms with van der Waals surface area (Å²) in [5.41, 5.74) is 0. The van der Waals surface area contributed by atoms with Crippen LogP contribution in [-0.4, -0.2) is 25.4 Å². The molecule has 1 aliphatic carbocycles. The Labute approximate surface area is 125 Å². The van der Waals surface area contributed by atoms with Gasteiger partial charge in [-0.25, -0.2) is 0 Å². The van der Waals surface area contributed by atoms with Crippen molar-refractivity contribution in [3.8, 4) is 0 Å². The monoisotopic (exact) mass is 282 g/mol. The molecule has 1 heterocycles. The van der Waals surface area contributed by atoms with E-state index in [0.717, 1.165) is 25.0 Å². The van der Waals surface area contributed by atoms with Gasteiger partial charge in [0, 0.05) is 6.61 Å². The molecule has 0 amide bonds. The lowest BCUT2D eigenvalue weighted by molar-refractivity contribution is -0.106. The highest BCUT2D eigenvalue weighted by Crippen LogP contribution is 2.37. The molecular weight excluding hydrogens is 248 g/mol. The molecule has 118 valence electrons. The molecule has 2 aliphatic rings. The summed E-state index contributed by atoms with van der Waals surface area (Å²) in [5, 5.41) is 0. The zero-order valence-corrected chi connectivity index (χ0v) is 13.6. The van der Waals surface area contributed by atoms with Gasteiger partial charge < -0.3 is 9.47 Å². The molecule has 0 radical (unpaired) electrons. The molecule has 0 aromatic rings. The van der Waals surface area contributed by atoms with Crippen molar-refractivity contribution in [3.63, 3.8) is 0 Å². The molecule has 1 saturated heterocycles. The van der Waals surface area contributed by atoms with Crippen LogP contribution in [0.15, 0.2) is 0 Å². The van der Waals surface area contributed by atoms with Gasteiger partial charge in [0.15, 0.2) is 0 Å². The van der Waals surface area contributed by atoms with Crippen LogP contribution in [0.4, 0.5) is 0 Å². The second kappa shape index (κ2) is 9.04. The smallest absolute Gasteiger partial charge is 0.0809 e. The van der Waals surface area contributed by atoms with Crippen molar-refractivity contribution in [1.29, 1.82) is 0 Å². The second-order valence-electron chi connectivity index (χ2n) is 6.80. The normalized spacial score (nSPS) is 35.1. The number of hydrogen-bond acceptors (Lipinski definition) is 2. The maximum Gasteiger partial charge on any atom is 0.0809 e. The zero-order chi connectivity index (χ0) is 14.2. The minimum atomic E-state index is 0.363. The Balaban J connectivity index is 1.62. The van der Waals surface area contributed by atoms with Crippen molar-refractivity contribution < 1.29 is 9.47 Å². The van der Waals surface area contributed by atoms with Crippen molar-refractivity contribution in [2.75, 3.05) is 13.2 Å². The van der Waals surface area contributed by atoms with Crippen LogP contribution in [0.1, 0.15) is 78.1 Å². The molecule has 0 N–H and O–H groups in total. The van der Waals surface area contributed by atoms with Crippen LogP contribution in [0.2, 0.25) is 0 Å². The molecule has 2 atom stereocenters. The van der Waals surface area contributed by atoms with Crippen molar-refractivity contribution in [2.45, 2.75) is 90.3 Å². The first-order valence-corrected chi connectivity index (χ1v) is 9.06. The van der Waals surface area contributed by atoms with Gasteiger partial charge >= 0.3 is 0 Å². The maximum atomic E-state index is 6.09. The average Bonchev–Trinajstić information content (AvgIpc) is 2.49. The van der Waals surface area contributed by atoms with Gasteiger partial charge in [-0.3, -0.25) is 0 Å². The van der Waals surface area contributed by atoms with Crippen LogP contribution < -0.4 is 0 Å². The van der Waals surface area contributed by atoms with Crippen molar-refractivity contribution in [1.82, 2.24) is 0 Å². The Morgan fingerprint density at radius 2 is 1.75 bits per heavy atom. The summed E-state index contributed by atoms with van der Waals surface area (Å²) in [4.78, 5) is 0. The fraction of sp³-hybridized carbons (Fsp3) is 1.00. The molecule has 2 unspecified atom stereocenters. The lowest BCUT2D eigenvalue weighted by Crippen LogP contribution is -2.37. The van der Waals surface area contributed by atoms with E-state index in [1.165, 1.54) is 64.2 Å². The van der Waals surface area contributed by atoms with Gasteiger partial charge in [0.2, 0.25) is 0 Å². The van der Waals surface area contributed by atoms with E-state index < -0.39 is 0 Å². The summed E-state index contributed by atoms with van der Waals surface area (Å²) in [7, 11) is 0. The average molecular weight is 282 g/mol. The van der Waals surface area contributed by atoms with Gasteiger partial charge in [-0.15, -0.1) is 0 Å². The molecule has 0 aromatic carbocycles. The highest BCUT2D eigenvalue weighted by Gasteiger charge is 2.31. The quantitative estimate of drug-likeness (QED) is 0.615. The van der Waals surface area contributed by atoms with Crippen molar-refractivity contribution in [3.05, 3.63) is 0 Å². The SMILES string of the molecule is CCCCCC1CCC(C2CCC(OCC)CO2)CC1. The Hall–Kier alpha value is -0.0800. The molecular formula is C18H34O2. The summed E-state index contributed by atoms with van der Waals surface area (Å²) in [6, 6.07) is 0. The molecule has 2 nitrogen and oxygen atoms in total. The van der Waals surface area contributed by atoms with Crippen LogP contribution in [0, 0.1) is 11.8 Å². The van der Waals surface area contributed by atoms with E-state index in [-0.39, 0.29) is 0 Å². The standard InChI is InChI=1S/C18H34O2/c1-3-5-6-7-15-8-10-16(11-9-15)18-13-12-17(14-20-18)19-4-2/h15-18H,3-14H2,1-2H3. The summed E-state index contributed by atoms with van der Waals surface area (Å²) in [5.74, 6) is 1.84. The third-order valence-corrected chi connectivity index (χ3v) is 5.30. The van der Waals surface area contributed by atoms with Gasteiger partial charge in [0.1, 0.15) is 0 Å². The van der Waals surface area contributed by atoms with E-state index in [1.54, 1.807) is 0 Å². The number of hydrogen-bond donors (Lipinski definition) is 0. The van der Waals surface area contributed by atoms with Gasteiger partial charge in [0.05, 0.1) is 18.8 Å². The summed E-state index contributed by atoms with van der Waals surface area (Å²) in [6.45, 7) is 6.02. The topological polar surface area (TPSA) is 18.5 Å². The van der Waals surface area contributed by atoms with Gasteiger partial charge in [-0.2, -0.15) is 0 Å². The Kier molecular flexibility index (Phi) is 7.37. The Morgan fingerprint density at radius 1 is 0.950 bits per heavy atom. The van der Waals surface area contributed by atoms with Crippen LogP contribution in [-0.2, 0) is 9.47 Å². The first-order valence-electron chi connectivity index (χ1n) is 9.06. The van der Waals surface area contributed by atoms with E-state index >= 15 is 0 Å². The van der Waals surface area contributed by atoms with Crippen LogP contribution in [0.3, 0.4) is 0 Å². The maximum absolute atomic E-state index is 6.09. The lowest BCUT2D eigenvalue weighted by atomic mass is 9.76. The van der Waals surface area contributed by atoms with E-state index in [4.69, 9.17) is 9.47 Å². The van der Waals surface area contributed by atoms with Crippen LogP contribution in [0.5, 0.6) is 0 Å². The summed E-state index contributed by atoms with van der Waals surface area (Å²) >= 11 is 0. The van der Waals surface area contributed by atoms with Gasteiger partial charge in [0.25, 0.3) is 0 Å². The lowest BCUT2D eigenvalue weighted by Gasteiger charge is -2.37. The third kappa shape index (κ3) is 5.04. The van der Waals surface area contributed by atoms with E-state index in [2.05, 4.69) is 13.8 Å². The molecule has 0 spiro atoms. The second-order valence-corrected chi connectivity index (χ2v) is 6.80. The third-order valence-electron chi connectivity index (χ3n) is 5.30. The molecule has 1 aliphatic heterocycles. The van der Waals surface area contributed by atoms with E-state index in [1.807, 2.05) is 0 Å². The highest BCUT2D eigenvalue weighted by atomic mass is 16.5. The predicted octanol–water partition coefficient (Wildman–Crippen LogP) is 4.96. The van der Waals surface area contributed by atoms with Gasteiger partial charge in [-0.1, -0.05) is 45.4 Å². The zero-order valence-electron chi connectivity index (χ0n) is 13.6. The fourth-order valence-corrected chi connectivity index (χ4v) is 4.02. The minimum absolute atomic E-state index is 0.363. The molecule has 0 bridgehead atoms. The summed E-state index contributed by atoms with van der Waals surface area (Å²) in [6.07, 6.45) is 14.7. The Morgan fingerprint density at radius 3 is 2.35 bits per heavy atom. The first-order chi connectivity index (χ1) is 9.83. The van der Waals surface area contributed by atoms with Crippen molar-refractivity contribution >= 4 is 0 Å². The Bertz CT molecular complexity index is 238. The summed E-state index contributed by atoms with van der Waals surface area (Å²) < 4.78 is 11.8. The highest BCUT2D eigenvalue weighted by molar-refractivity contribution is 4.81. The first kappa shape index (κ1) is 16.3. The van der Waals surface area contributed by atoms with Gasteiger partial charge in [-0.05, 0) is 44.4 Å². The number of unbranched alkanes of at least 4 members (excludes halogenated alkanes) is 2. The number of rotatable bonds is 7. The molecule has 20 heavy (non-hydrogen) atoms. The largest absolute Gasteiger partial charge is 0.376 e. The van der Waals surface area contributed by atoms with E-state index in [0.29, 0.717) is 12.2 Å². The molecule has 2 heteroatoms. The molecule has 2 rings (SSSR count). The molecule has 1 saturated carbocycles. The molecule has 2 fully saturated rings. The molecule has 0 aromatic heterocycles.